The van der Waals surface area contributed by atoms with Crippen molar-refractivity contribution < 1.29 is 0 Å². The van der Waals surface area contributed by atoms with E-state index in [2.05, 4.69) is 0 Å². The van der Waals surface area contributed by atoms with Gasteiger partial charge in [-0.2, -0.15) is 0 Å². The molecule has 0 aromatic heterocycles. The molecule has 5 heteroatoms. The molecule has 2 aromatic rings. The molecule has 0 unspecified atom stereocenters. The van der Waals surface area contributed by atoms with Crippen molar-refractivity contribution in [2.24, 2.45) is 5.73 Å². The Bertz CT molecular complexity index is 573. The molecule has 0 heterocycles. The van der Waals surface area contributed by atoms with Crippen LogP contribution >= 0.6 is 46.4 Å². The Kier molecular flexibility index (Phi) is 4.41. The fraction of sp³-hybridized carbons (Fsp3) is 0.0769. The van der Waals surface area contributed by atoms with Crippen LogP contribution in [0.1, 0.15) is 5.56 Å². The highest BCUT2D eigenvalue weighted by Gasteiger charge is 2.14. The normalized spacial score (nSPS) is 10.7. The molecule has 0 saturated carbocycles. The van der Waals surface area contributed by atoms with Crippen molar-refractivity contribution in [1.29, 1.82) is 0 Å². The van der Waals surface area contributed by atoms with Crippen LogP contribution in [0.25, 0.3) is 11.1 Å². The molecule has 1 nitrogen and oxygen atoms in total. The molecule has 0 spiro atoms. The molecule has 0 saturated heterocycles. The maximum atomic E-state index is 6.20. The molecule has 0 aliphatic heterocycles. The molecule has 0 radical (unpaired) electrons. The van der Waals surface area contributed by atoms with Crippen LogP contribution in [-0.2, 0) is 6.54 Å². The molecule has 18 heavy (non-hydrogen) atoms. The van der Waals surface area contributed by atoms with Crippen molar-refractivity contribution in [3.63, 3.8) is 0 Å². The third kappa shape index (κ3) is 2.61. The summed E-state index contributed by atoms with van der Waals surface area (Å²) < 4.78 is 0. The third-order valence-corrected chi connectivity index (χ3v) is 3.77. The van der Waals surface area contributed by atoms with Gasteiger partial charge < -0.3 is 5.73 Å². The van der Waals surface area contributed by atoms with Gasteiger partial charge in [0.15, 0.2) is 0 Å². The summed E-state index contributed by atoms with van der Waals surface area (Å²) in [5, 5.41) is 2.04. The van der Waals surface area contributed by atoms with Crippen molar-refractivity contribution in [1.82, 2.24) is 0 Å². The lowest BCUT2D eigenvalue weighted by atomic mass is 9.99. The summed E-state index contributed by atoms with van der Waals surface area (Å²) in [6, 6.07) is 8.79. The molecule has 94 valence electrons. The highest BCUT2D eigenvalue weighted by atomic mass is 35.5. The smallest absolute Gasteiger partial charge is 0.0514 e. The third-order valence-electron chi connectivity index (χ3n) is 2.60. The van der Waals surface area contributed by atoms with E-state index in [0.717, 1.165) is 11.1 Å². The van der Waals surface area contributed by atoms with Crippen molar-refractivity contribution in [3.8, 4) is 11.1 Å². The van der Waals surface area contributed by atoms with Gasteiger partial charge in [0, 0.05) is 22.2 Å². The molecule has 0 fully saturated rings. The average molecular weight is 321 g/mol. The molecular weight excluding hydrogens is 312 g/mol. The number of hydrogen-bond acceptors (Lipinski definition) is 1. The molecule has 0 atom stereocenters. The number of nitrogens with two attached hydrogens (primary N) is 1. The van der Waals surface area contributed by atoms with Crippen LogP contribution in [0.2, 0.25) is 20.1 Å². The molecule has 0 bridgehead atoms. The number of rotatable bonds is 2. The van der Waals surface area contributed by atoms with E-state index >= 15 is 0 Å². The second kappa shape index (κ2) is 5.68. The van der Waals surface area contributed by atoms with Gasteiger partial charge in [0.1, 0.15) is 0 Å². The topological polar surface area (TPSA) is 26.0 Å². The maximum absolute atomic E-state index is 6.20. The van der Waals surface area contributed by atoms with Gasteiger partial charge in [0.2, 0.25) is 0 Å². The standard InChI is InChI=1S/C13H9Cl4N/c14-7-4-11(16)13(12(17)5-7)8-2-1-3-10(15)9(8)6-18/h1-5H,6,18H2. The van der Waals surface area contributed by atoms with Gasteiger partial charge in [-0.3, -0.25) is 0 Å². The van der Waals surface area contributed by atoms with E-state index in [1.807, 2.05) is 12.1 Å². The number of hydrogen-bond donors (Lipinski definition) is 1. The van der Waals surface area contributed by atoms with E-state index in [0.29, 0.717) is 32.2 Å². The lowest BCUT2D eigenvalue weighted by Gasteiger charge is -2.13. The predicted octanol–water partition coefficient (Wildman–Crippen LogP) is 5.43. The first-order chi connectivity index (χ1) is 8.54. The fourth-order valence-corrected chi connectivity index (χ4v) is 3.07. The minimum atomic E-state index is 0.310. The van der Waals surface area contributed by atoms with Crippen LogP contribution in [0.4, 0.5) is 0 Å². The molecule has 0 aliphatic rings. The second-order valence-corrected chi connectivity index (χ2v) is 5.37. The largest absolute Gasteiger partial charge is 0.326 e. The summed E-state index contributed by atoms with van der Waals surface area (Å²) in [6.07, 6.45) is 0. The van der Waals surface area contributed by atoms with Crippen LogP contribution in [0.15, 0.2) is 30.3 Å². The van der Waals surface area contributed by atoms with Crippen molar-refractivity contribution >= 4 is 46.4 Å². The lowest BCUT2D eigenvalue weighted by Crippen LogP contribution is -2.00. The van der Waals surface area contributed by atoms with Crippen LogP contribution in [0.3, 0.4) is 0 Å². The van der Waals surface area contributed by atoms with E-state index in [4.69, 9.17) is 52.1 Å². The van der Waals surface area contributed by atoms with Gasteiger partial charge >= 0.3 is 0 Å². The van der Waals surface area contributed by atoms with Crippen molar-refractivity contribution in [2.75, 3.05) is 0 Å². The molecular formula is C13H9Cl4N. The van der Waals surface area contributed by atoms with Gasteiger partial charge in [0.05, 0.1) is 10.0 Å². The van der Waals surface area contributed by atoms with Gasteiger partial charge in [0.25, 0.3) is 0 Å². The maximum Gasteiger partial charge on any atom is 0.0514 e. The summed E-state index contributed by atoms with van der Waals surface area (Å²) in [5.41, 5.74) is 8.06. The van der Waals surface area contributed by atoms with Crippen LogP contribution in [0, 0.1) is 0 Å². The highest BCUT2D eigenvalue weighted by Crippen LogP contribution is 2.40. The van der Waals surface area contributed by atoms with Gasteiger partial charge in [-0.25, -0.2) is 0 Å². The highest BCUT2D eigenvalue weighted by molar-refractivity contribution is 6.42. The van der Waals surface area contributed by atoms with Crippen molar-refractivity contribution in [3.05, 3.63) is 56.0 Å². The van der Waals surface area contributed by atoms with E-state index in [-0.39, 0.29) is 0 Å². The predicted molar refractivity (Wildman–Crippen MR) is 79.8 cm³/mol. The Labute approximate surface area is 125 Å². The molecule has 0 aliphatic carbocycles. The summed E-state index contributed by atoms with van der Waals surface area (Å²) in [5.74, 6) is 0. The van der Waals surface area contributed by atoms with E-state index in [1.54, 1.807) is 18.2 Å². The van der Waals surface area contributed by atoms with Crippen LogP contribution in [0.5, 0.6) is 0 Å². The Morgan fingerprint density at radius 1 is 0.889 bits per heavy atom. The minimum Gasteiger partial charge on any atom is -0.326 e. The first kappa shape index (κ1) is 14.0. The Morgan fingerprint density at radius 3 is 2.06 bits per heavy atom. The summed E-state index contributed by atoms with van der Waals surface area (Å²) in [6.45, 7) is 0.310. The summed E-state index contributed by atoms with van der Waals surface area (Å²) >= 11 is 24.4. The van der Waals surface area contributed by atoms with E-state index in [9.17, 15) is 0 Å². The summed E-state index contributed by atoms with van der Waals surface area (Å²) in [4.78, 5) is 0. The monoisotopic (exact) mass is 319 g/mol. The lowest BCUT2D eigenvalue weighted by molar-refractivity contribution is 1.07. The quantitative estimate of drug-likeness (QED) is 0.784. The van der Waals surface area contributed by atoms with Gasteiger partial charge in [-0.15, -0.1) is 0 Å². The zero-order valence-corrected chi connectivity index (χ0v) is 12.2. The average Bonchev–Trinajstić information content (AvgIpc) is 2.27. The van der Waals surface area contributed by atoms with E-state index in [1.165, 1.54) is 0 Å². The van der Waals surface area contributed by atoms with Crippen LogP contribution in [-0.4, -0.2) is 0 Å². The van der Waals surface area contributed by atoms with Crippen molar-refractivity contribution in [2.45, 2.75) is 6.54 Å². The molecule has 0 amide bonds. The SMILES string of the molecule is NCc1c(Cl)cccc1-c1c(Cl)cc(Cl)cc1Cl. The second-order valence-electron chi connectivity index (χ2n) is 3.71. The zero-order chi connectivity index (χ0) is 13.3. The number of benzene rings is 2. The number of halogens is 4. The van der Waals surface area contributed by atoms with E-state index < -0.39 is 0 Å². The van der Waals surface area contributed by atoms with Crippen LogP contribution < -0.4 is 5.73 Å². The minimum absolute atomic E-state index is 0.310. The zero-order valence-electron chi connectivity index (χ0n) is 9.18. The molecule has 2 N–H and O–H groups in total. The van der Waals surface area contributed by atoms with Gasteiger partial charge in [-0.05, 0) is 29.3 Å². The fourth-order valence-electron chi connectivity index (χ4n) is 1.80. The molecule has 2 aromatic carbocycles. The molecule has 2 rings (SSSR count). The Morgan fingerprint density at radius 2 is 1.50 bits per heavy atom. The van der Waals surface area contributed by atoms with Gasteiger partial charge in [-0.1, -0.05) is 58.5 Å². The summed E-state index contributed by atoms with van der Waals surface area (Å²) in [7, 11) is 0. The first-order valence-corrected chi connectivity index (χ1v) is 6.68. The first-order valence-electron chi connectivity index (χ1n) is 5.17. The Balaban J connectivity index is 2.73. The Hall–Kier alpha value is -0.440.